The summed E-state index contributed by atoms with van der Waals surface area (Å²) in [4.78, 5) is 4.90. The number of guanidine groups is 1. The van der Waals surface area contributed by atoms with Gasteiger partial charge in [0.25, 0.3) is 0 Å². The van der Waals surface area contributed by atoms with Gasteiger partial charge in [-0.3, -0.25) is 4.99 Å². The maximum atomic E-state index is 13.4. The molecule has 0 amide bonds. The highest BCUT2D eigenvalue weighted by Gasteiger charge is 2.34. The number of rotatable bonds is 5. The van der Waals surface area contributed by atoms with Crippen molar-refractivity contribution in [2.75, 3.05) is 26.3 Å². The van der Waals surface area contributed by atoms with E-state index in [0.717, 1.165) is 56.6 Å². The van der Waals surface area contributed by atoms with E-state index in [1.807, 2.05) is 12.1 Å². The summed E-state index contributed by atoms with van der Waals surface area (Å²) in [6.45, 7) is 4.92. The van der Waals surface area contributed by atoms with Crippen molar-refractivity contribution in [2.45, 2.75) is 63.0 Å². The molecule has 28 heavy (non-hydrogen) atoms. The first-order valence-corrected chi connectivity index (χ1v) is 10.2. The van der Waals surface area contributed by atoms with Crippen LogP contribution in [0.2, 0.25) is 0 Å². The van der Waals surface area contributed by atoms with E-state index in [0.29, 0.717) is 25.8 Å². The van der Waals surface area contributed by atoms with Crippen molar-refractivity contribution >= 4 is 29.9 Å². The Bertz CT molecular complexity index is 613. The first kappa shape index (κ1) is 23.3. The topological polar surface area (TPSA) is 65.9 Å². The van der Waals surface area contributed by atoms with Crippen LogP contribution in [0.25, 0.3) is 0 Å². The molecule has 1 saturated heterocycles. The van der Waals surface area contributed by atoms with Gasteiger partial charge in [0.1, 0.15) is 5.82 Å². The van der Waals surface area contributed by atoms with Gasteiger partial charge in [-0.05, 0) is 63.1 Å². The van der Waals surface area contributed by atoms with Gasteiger partial charge in [-0.2, -0.15) is 0 Å². The molecule has 3 rings (SSSR count). The normalized spacial score (nSPS) is 24.9. The van der Waals surface area contributed by atoms with Gasteiger partial charge >= 0.3 is 0 Å². The second kappa shape index (κ2) is 11.3. The number of aliphatic imine (C=N–C) groups is 1. The number of nitrogens with zero attached hydrogens (tertiary/aromatic N) is 1. The highest BCUT2D eigenvalue weighted by molar-refractivity contribution is 14.0. The molecule has 0 aromatic heterocycles. The van der Waals surface area contributed by atoms with E-state index < -0.39 is 0 Å². The first-order valence-electron chi connectivity index (χ1n) is 10.2. The summed E-state index contributed by atoms with van der Waals surface area (Å²) in [6, 6.07) is 7.20. The van der Waals surface area contributed by atoms with E-state index >= 15 is 0 Å². The van der Waals surface area contributed by atoms with Crippen LogP contribution < -0.4 is 10.6 Å². The molecule has 0 radical (unpaired) electrons. The van der Waals surface area contributed by atoms with Crippen molar-refractivity contribution in [1.29, 1.82) is 0 Å². The molecule has 3 N–H and O–H groups in total. The molecule has 5 nitrogen and oxygen atoms in total. The Balaban J connectivity index is 0.00000280. The van der Waals surface area contributed by atoms with Crippen molar-refractivity contribution < 1.29 is 14.2 Å². The zero-order valence-electron chi connectivity index (χ0n) is 16.6. The summed E-state index contributed by atoms with van der Waals surface area (Å²) in [5.74, 6) is 0.617. The smallest absolute Gasteiger partial charge is 0.191 e. The molecular weight excluding hydrogens is 472 g/mol. The number of benzene rings is 1. The first-order chi connectivity index (χ1) is 13.1. The molecule has 158 valence electrons. The minimum absolute atomic E-state index is 0. The van der Waals surface area contributed by atoms with E-state index in [1.165, 1.54) is 12.1 Å². The Kier molecular flexibility index (Phi) is 9.43. The quantitative estimate of drug-likeness (QED) is 0.326. The number of aliphatic hydroxyl groups is 1. The minimum atomic E-state index is -0.209. The molecule has 2 fully saturated rings. The molecule has 1 aromatic carbocycles. The number of aliphatic hydroxyl groups excluding tert-OH is 1. The van der Waals surface area contributed by atoms with Crippen LogP contribution >= 0.6 is 24.0 Å². The van der Waals surface area contributed by atoms with Crippen LogP contribution in [-0.4, -0.2) is 49.5 Å². The second-order valence-corrected chi connectivity index (χ2v) is 7.74. The standard InChI is InChI=1S/C21H32FN3O2.HI/c1-2-23-20(25-18-7-9-19(26)10-8-18)24-15-21(11-13-27-14-12-21)16-3-5-17(22)6-4-16;/h3-6,18-19,26H,2,7-15H2,1H3,(H2,23,24,25);1H. The predicted molar refractivity (Wildman–Crippen MR) is 121 cm³/mol. The number of ether oxygens (including phenoxy) is 1. The van der Waals surface area contributed by atoms with E-state index in [1.54, 1.807) is 0 Å². The van der Waals surface area contributed by atoms with Crippen LogP contribution in [0, 0.1) is 5.82 Å². The van der Waals surface area contributed by atoms with Crippen molar-refractivity contribution in [2.24, 2.45) is 4.99 Å². The fourth-order valence-corrected chi connectivity index (χ4v) is 4.07. The SMILES string of the molecule is CCNC(=NCC1(c2ccc(F)cc2)CCOCC1)NC1CCC(O)CC1.I. The summed E-state index contributed by atoms with van der Waals surface area (Å²) in [5, 5.41) is 16.6. The van der Waals surface area contributed by atoms with E-state index in [9.17, 15) is 9.50 Å². The van der Waals surface area contributed by atoms with Gasteiger partial charge in [-0.15, -0.1) is 24.0 Å². The maximum absolute atomic E-state index is 13.4. The highest BCUT2D eigenvalue weighted by Crippen LogP contribution is 2.35. The lowest BCUT2D eigenvalue weighted by Gasteiger charge is -2.37. The van der Waals surface area contributed by atoms with Gasteiger partial charge in [-0.1, -0.05) is 12.1 Å². The predicted octanol–water partition coefficient (Wildman–Crippen LogP) is 3.35. The van der Waals surface area contributed by atoms with Gasteiger partial charge in [0.15, 0.2) is 5.96 Å². The van der Waals surface area contributed by atoms with Gasteiger partial charge in [0.05, 0.1) is 12.6 Å². The molecule has 2 aliphatic rings. The zero-order chi connectivity index (χ0) is 19.1. The summed E-state index contributed by atoms with van der Waals surface area (Å²) < 4.78 is 19.0. The fourth-order valence-electron chi connectivity index (χ4n) is 4.07. The number of hydrogen-bond acceptors (Lipinski definition) is 3. The summed E-state index contributed by atoms with van der Waals surface area (Å²) in [5.41, 5.74) is 1.02. The molecule has 1 aliphatic carbocycles. The van der Waals surface area contributed by atoms with Crippen LogP contribution in [0.1, 0.15) is 51.0 Å². The lowest BCUT2D eigenvalue weighted by Crippen LogP contribution is -2.46. The molecule has 0 unspecified atom stereocenters. The molecule has 1 heterocycles. The monoisotopic (exact) mass is 505 g/mol. The van der Waals surface area contributed by atoms with Crippen molar-refractivity contribution in [3.63, 3.8) is 0 Å². The van der Waals surface area contributed by atoms with Crippen molar-refractivity contribution in [3.05, 3.63) is 35.6 Å². The van der Waals surface area contributed by atoms with Crippen LogP contribution in [0.4, 0.5) is 4.39 Å². The Hall–Kier alpha value is -0.930. The van der Waals surface area contributed by atoms with Crippen LogP contribution in [-0.2, 0) is 10.2 Å². The zero-order valence-corrected chi connectivity index (χ0v) is 19.0. The van der Waals surface area contributed by atoms with Gasteiger partial charge in [0, 0.05) is 31.2 Å². The van der Waals surface area contributed by atoms with Gasteiger partial charge in [0.2, 0.25) is 0 Å². The minimum Gasteiger partial charge on any atom is -0.393 e. The van der Waals surface area contributed by atoms with Gasteiger partial charge in [-0.25, -0.2) is 4.39 Å². The lowest BCUT2D eigenvalue weighted by molar-refractivity contribution is 0.0530. The third-order valence-corrected chi connectivity index (χ3v) is 5.83. The second-order valence-electron chi connectivity index (χ2n) is 7.74. The van der Waals surface area contributed by atoms with Crippen molar-refractivity contribution in [1.82, 2.24) is 10.6 Å². The largest absolute Gasteiger partial charge is 0.393 e. The number of halogens is 2. The third-order valence-electron chi connectivity index (χ3n) is 5.83. The fraction of sp³-hybridized carbons (Fsp3) is 0.667. The molecule has 1 aromatic rings. The van der Waals surface area contributed by atoms with Crippen LogP contribution in [0.3, 0.4) is 0 Å². The molecule has 1 saturated carbocycles. The molecule has 0 spiro atoms. The van der Waals surface area contributed by atoms with Crippen LogP contribution in [0.5, 0.6) is 0 Å². The van der Waals surface area contributed by atoms with Crippen LogP contribution in [0.15, 0.2) is 29.3 Å². The maximum Gasteiger partial charge on any atom is 0.191 e. The van der Waals surface area contributed by atoms with Gasteiger partial charge < -0.3 is 20.5 Å². The van der Waals surface area contributed by atoms with Crippen molar-refractivity contribution in [3.8, 4) is 0 Å². The Morgan fingerprint density at radius 1 is 1.18 bits per heavy atom. The highest BCUT2D eigenvalue weighted by atomic mass is 127. The number of nitrogens with one attached hydrogen (secondary N) is 2. The van der Waals surface area contributed by atoms with E-state index in [-0.39, 0.29) is 41.3 Å². The average Bonchev–Trinajstić information content (AvgIpc) is 2.69. The summed E-state index contributed by atoms with van der Waals surface area (Å²) >= 11 is 0. The average molecular weight is 505 g/mol. The Morgan fingerprint density at radius 2 is 1.82 bits per heavy atom. The molecule has 0 bridgehead atoms. The Labute approximate surface area is 184 Å². The summed E-state index contributed by atoms with van der Waals surface area (Å²) in [7, 11) is 0. The van der Waals surface area contributed by atoms with E-state index in [4.69, 9.17) is 9.73 Å². The molecular formula is C21H33FIN3O2. The third kappa shape index (κ3) is 6.29. The number of hydrogen-bond donors (Lipinski definition) is 3. The lowest BCUT2D eigenvalue weighted by atomic mass is 9.74. The Morgan fingerprint density at radius 3 is 2.43 bits per heavy atom. The molecule has 1 aliphatic heterocycles. The summed E-state index contributed by atoms with van der Waals surface area (Å²) in [6.07, 6.45) is 5.22. The van der Waals surface area contributed by atoms with E-state index in [2.05, 4.69) is 17.6 Å². The molecule has 0 atom stereocenters. The molecule has 7 heteroatoms.